The first-order valence-electron chi connectivity index (χ1n) is 4.03. The molecule has 4 heteroatoms. The van der Waals surface area contributed by atoms with E-state index in [2.05, 4.69) is 0 Å². The molecule has 0 spiro atoms. The summed E-state index contributed by atoms with van der Waals surface area (Å²) in [7, 11) is 0. The van der Waals surface area contributed by atoms with Crippen molar-refractivity contribution in [2.24, 2.45) is 0 Å². The topological polar surface area (TPSA) is 52.0 Å². The van der Waals surface area contributed by atoms with Gasteiger partial charge in [-0.25, -0.2) is 0 Å². The molecule has 0 heterocycles. The van der Waals surface area contributed by atoms with Crippen LogP contribution in [0.15, 0.2) is 24.3 Å². The Morgan fingerprint density at radius 1 is 0.786 bits per heavy atom. The number of hydrogen-bond acceptors (Lipinski definition) is 2. The summed E-state index contributed by atoms with van der Waals surface area (Å²) in [5.74, 6) is 0. The van der Waals surface area contributed by atoms with E-state index in [9.17, 15) is 0 Å². The Morgan fingerprint density at radius 3 is 1.50 bits per heavy atom. The van der Waals surface area contributed by atoms with E-state index in [1.54, 1.807) is 0 Å². The maximum atomic E-state index is 5.92. The number of fused-ring (bicyclic) bond motifs is 1. The number of anilines is 2. The molecule has 0 bridgehead atoms. The quantitative estimate of drug-likeness (QED) is 0.678. The Balaban J connectivity index is 3.02. The van der Waals surface area contributed by atoms with E-state index in [1.165, 1.54) is 0 Å². The molecule has 2 aromatic carbocycles. The number of benzene rings is 2. The predicted octanol–water partition coefficient (Wildman–Crippen LogP) is 3.31. The fourth-order valence-electron chi connectivity index (χ4n) is 1.43. The fourth-order valence-corrected chi connectivity index (χ4v) is 1.83. The average molecular weight is 227 g/mol. The molecule has 2 rings (SSSR count). The lowest BCUT2D eigenvalue weighted by Gasteiger charge is -2.09. The van der Waals surface area contributed by atoms with E-state index in [0.29, 0.717) is 21.4 Å². The zero-order valence-corrected chi connectivity index (χ0v) is 8.73. The van der Waals surface area contributed by atoms with Crippen LogP contribution in [-0.4, -0.2) is 0 Å². The molecule has 0 saturated heterocycles. The molecule has 0 fully saturated rings. The molecular weight excluding hydrogens is 219 g/mol. The first-order valence-corrected chi connectivity index (χ1v) is 4.79. The van der Waals surface area contributed by atoms with E-state index >= 15 is 0 Å². The zero-order valence-electron chi connectivity index (χ0n) is 7.22. The highest BCUT2D eigenvalue weighted by atomic mass is 35.5. The van der Waals surface area contributed by atoms with Crippen LogP contribution in [0.5, 0.6) is 0 Å². The molecule has 2 aromatic rings. The number of nitrogen functional groups attached to an aromatic ring is 2. The van der Waals surface area contributed by atoms with Gasteiger partial charge in [-0.05, 0) is 0 Å². The lowest BCUT2D eigenvalue weighted by atomic mass is 10.1. The Bertz CT molecular complexity index is 462. The van der Waals surface area contributed by atoms with Gasteiger partial charge < -0.3 is 11.5 Å². The molecule has 14 heavy (non-hydrogen) atoms. The molecule has 0 radical (unpaired) electrons. The third kappa shape index (κ3) is 1.19. The first-order chi connectivity index (χ1) is 6.63. The molecule has 0 amide bonds. The van der Waals surface area contributed by atoms with Crippen LogP contribution in [0.3, 0.4) is 0 Å². The summed E-state index contributed by atoms with van der Waals surface area (Å²) < 4.78 is 0. The maximum Gasteiger partial charge on any atom is 0.0849 e. The molecule has 0 saturated carbocycles. The van der Waals surface area contributed by atoms with E-state index in [0.717, 1.165) is 10.8 Å². The second-order valence-corrected chi connectivity index (χ2v) is 3.76. The van der Waals surface area contributed by atoms with Crippen molar-refractivity contribution in [1.29, 1.82) is 0 Å². The van der Waals surface area contributed by atoms with Gasteiger partial charge in [0.15, 0.2) is 0 Å². The molecule has 0 aromatic heterocycles. The number of rotatable bonds is 0. The van der Waals surface area contributed by atoms with Crippen LogP contribution in [0.25, 0.3) is 10.8 Å². The van der Waals surface area contributed by atoms with E-state index in [1.807, 2.05) is 24.3 Å². The molecule has 4 N–H and O–H groups in total. The number of nitrogens with two attached hydrogens (primary N) is 2. The third-order valence-corrected chi connectivity index (χ3v) is 3.05. The summed E-state index contributed by atoms with van der Waals surface area (Å²) >= 11 is 11.8. The van der Waals surface area contributed by atoms with Crippen LogP contribution in [0, 0.1) is 0 Å². The normalized spacial score (nSPS) is 10.7. The molecule has 0 atom stereocenters. The highest BCUT2D eigenvalue weighted by Crippen LogP contribution is 2.40. The smallest absolute Gasteiger partial charge is 0.0849 e. The van der Waals surface area contributed by atoms with Crippen molar-refractivity contribution in [3.63, 3.8) is 0 Å². The van der Waals surface area contributed by atoms with Gasteiger partial charge in [0.2, 0.25) is 0 Å². The van der Waals surface area contributed by atoms with E-state index in [-0.39, 0.29) is 0 Å². The minimum Gasteiger partial charge on any atom is -0.397 e. The van der Waals surface area contributed by atoms with Gasteiger partial charge in [0.1, 0.15) is 0 Å². The first kappa shape index (κ1) is 9.44. The van der Waals surface area contributed by atoms with Crippen LogP contribution in [0.4, 0.5) is 11.4 Å². The molecule has 0 aliphatic rings. The van der Waals surface area contributed by atoms with Crippen LogP contribution in [0.2, 0.25) is 10.0 Å². The standard InChI is InChI=1S/C10H8Cl2N2/c11-7-8(12)10(14)6-4-2-1-3-5(6)9(7)13/h1-4H,13-14H2. The largest absolute Gasteiger partial charge is 0.397 e. The van der Waals surface area contributed by atoms with E-state index < -0.39 is 0 Å². The van der Waals surface area contributed by atoms with Crippen molar-refractivity contribution >= 4 is 45.3 Å². The third-order valence-electron chi connectivity index (χ3n) is 2.17. The van der Waals surface area contributed by atoms with Crippen molar-refractivity contribution in [2.75, 3.05) is 11.5 Å². The van der Waals surface area contributed by atoms with Crippen molar-refractivity contribution in [2.45, 2.75) is 0 Å². The summed E-state index contributed by atoms with van der Waals surface area (Å²) in [6, 6.07) is 7.48. The minimum absolute atomic E-state index is 0.322. The molecular formula is C10H8Cl2N2. The molecule has 0 aliphatic carbocycles. The summed E-state index contributed by atoms with van der Waals surface area (Å²) in [4.78, 5) is 0. The lowest BCUT2D eigenvalue weighted by molar-refractivity contribution is 1.70. The molecule has 0 unspecified atom stereocenters. The summed E-state index contributed by atoms with van der Waals surface area (Å²) in [6.07, 6.45) is 0. The van der Waals surface area contributed by atoms with Crippen LogP contribution in [0.1, 0.15) is 0 Å². The number of hydrogen-bond donors (Lipinski definition) is 2. The van der Waals surface area contributed by atoms with Gasteiger partial charge in [0, 0.05) is 10.8 Å². The van der Waals surface area contributed by atoms with Crippen molar-refractivity contribution in [1.82, 2.24) is 0 Å². The summed E-state index contributed by atoms with van der Waals surface area (Å²) in [5.41, 5.74) is 12.6. The summed E-state index contributed by atoms with van der Waals surface area (Å²) in [6.45, 7) is 0. The van der Waals surface area contributed by atoms with Crippen LogP contribution in [-0.2, 0) is 0 Å². The van der Waals surface area contributed by atoms with Gasteiger partial charge in [0.25, 0.3) is 0 Å². The second-order valence-electron chi connectivity index (χ2n) is 3.00. The summed E-state index contributed by atoms with van der Waals surface area (Å²) in [5, 5.41) is 2.31. The SMILES string of the molecule is Nc1c(Cl)c(Cl)c(N)c2ccccc12. The Morgan fingerprint density at radius 2 is 1.14 bits per heavy atom. The Kier molecular flexibility index (Phi) is 2.17. The van der Waals surface area contributed by atoms with Crippen LogP contribution >= 0.6 is 23.2 Å². The predicted molar refractivity (Wildman–Crippen MR) is 62.8 cm³/mol. The van der Waals surface area contributed by atoms with Crippen molar-refractivity contribution in [3.05, 3.63) is 34.3 Å². The van der Waals surface area contributed by atoms with Gasteiger partial charge >= 0.3 is 0 Å². The highest BCUT2D eigenvalue weighted by molar-refractivity contribution is 6.47. The van der Waals surface area contributed by atoms with Crippen molar-refractivity contribution < 1.29 is 0 Å². The monoisotopic (exact) mass is 226 g/mol. The van der Waals surface area contributed by atoms with Gasteiger partial charge in [-0.2, -0.15) is 0 Å². The van der Waals surface area contributed by atoms with Gasteiger partial charge in [-0.3, -0.25) is 0 Å². The van der Waals surface area contributed by atoms with Crippen molar-refractivity contribution in [3.8, 4) is 0 Å². The Labute approximate surface area is 91.4 Å². The minimum atomic E-state index is 0.322. The van der Waals surface area contributed by atoms with Gasteiger partial charge in [0.05, 0.1) is 21.4 Å². The average Bonchev–Trinajstić information content (AvgIpc) is 2.23. The highest BCUT2D eigenvalue weighted by Gasteiger charge is 2.11. The number of halogens is 2. The Hall–Kier alpha value is -1.12. The lowest BCUT2D eigenvalue weighted by Crippen LogP contribution is -1.95. The molecule has 2 nitrogen and oxygen atoms in total. The van der Waals surface area contributed by atoms with Crippen LogP contribution < -0.4 is 11.5 Å². The zero-order chi connectivity index (χ0) is 10.3. The van der Waals surface area contributed by atoms with E-state index in [4.69, 9.17) is 34.7 Å². The maximum absolute atomic E-state index is 5.92. The molecule has 72 valence electrons. The molecule has 0 aliphatic heterocycles. The second kappa shape index (κ2) is 3.23. The van der Waals surface area contributed by atoms with Gasteiger partial charge in [-0.15, -0.1) is 0 Å². The van der Waals surface area contributed by atoms with Gasteiger partial charge in [-0.1, -0.05) is 47.5 Å². The fraction of sp³-hybridized carbons (Fsp3) is 0.